The second-order valence-electron chi connectivity index (χ2n) is 6.30. The molecule has 0 unspecified atom stereocenters. The van der Waals surface area contributed by atoms with Gasteiger partial charge in [0.15, 0.2) is 11.5 Å². The Morgan fingerprint density at radius 2 is 2.15 bits per heavy atom. The van der Waals surface area contributed by atoms with Gasteiger partial charge >= 0.3 is 0 Å². The smallest absolute Gasteiger partial charge is 0.166 e. The van der Waals surface area contributed by atoms with Gasteiger partial charge in [-0.25, -0.2) is 14.5 Å². The van der Waals surface area contributed by atoms with Crippen molar-refractivity contribution in [2.45, 2.75) is 40.0 Å². The van der Waals surface area contributed by atoms with Gasteiger partial charge in [0.25, 0.3) is 0 Å². The quantitative estimate of drug-likeness (QED) is 0.506. The van der Waals surface area contributed by atoms with Crippen molar-refractivity contribution in [2.24, 2.45) is 15.7 Å². The van der Waals surface area contributed by atoms with Crippen LogP contribution in [0.25, 0.3) is 16.1 Å². The second-order valence-corrected chi connectivity index (χ2v) is 7.76. The SMILES string of the molecule is CCCCc1cc(C)nc2c(-c3sc(C(N=CN)=NC)cc3Cl)c(C)nn12. The van der Waals surface area contributed by atoms with Gasteiger partial charge in [-0.15, -0.1) is 11.3 Å². The molecule has 0 bridgehead atoms. The molecule has 0 aliphatic heterocycles. The van der Waals surface area contributed by atoms with Crippen molar-refractivity contribution < 1.29 is 0 Å². The number of rotatable bonds is 5. The van der Waals surface area contributed by atoms with Crippen LogP contribution in [0.3, 0.4) is 0 Å². The summed E-state index contributed by atoms with van der Waals surface area (Å²) in [5.74, 6) is 0.553. The maximum atomic E-state index is 6.58. The molecular weight excluding hydrogens is 380 g/mol. The first-order valence-corrected chi connectivity index (χ1v) is 10.1. The third-order valence-corrected chi connectivity index (χ3v) is 5.85. The largest absolute Gasteiger partial charge is 0.390 e. The van der Waals surface area contributed by atoms with E-state index in [1.54, 1.807) is 7.05 Å². The van der Waals surface area contributed by atoms with Crippen LogP contribution in [0, 0.1) is 13.8 Å². The fourth-order valence-corrected chi connectivity index (χ4v) is 4.59. The lowest BCUT2D eigenvalue weighted by atomic mass is 10.1. The second kappa shape index (κ2) is 8.19. The van der Waals surface area contributed by atoms with Crippen molar-refractivity contribution in [3.05, 3.63) is 39.1 Å². The van der Waals surface area contributed by atoms with Gasteiger partial charge in [0.1, 0.15) is 0 Å². The number of aromatic nitrogens is 3. The van der Waals surface area contributed by atoms with Gasteiger partial charge < -0.3 is 5.73 Å². The van der Waals surface area contributed by atoms with Crippen LogP contribution in [0.5, 0.6) is 0 Å². The fourth-order valence-electron chi connectivity index (χ4n) is 3.07. The van der Waals surface area contributed by atoms with Gasteiger partial charge in [-0.05, 0) is 38.8 Å². The summed E-state index contributed by atoms with van der Waals surface area (Å²) in [6.45, 7) is 6.20. The van der Waals surface area contributed by atoms with Crippen LogP contribution in [-0.2, 0) is 6.42 Å². The molecule has 0 aliphatic carbocycles. The predicted octanol–water partition coefficient (Wildman–Crippen LogP) is 4.43. The van der Waals surface area contributed by atoms with E-state index in [1.807, 2.05) is 24.4 Å². The van der Waals surface area contributed by atoms with Crippen LogP contribution >= 0.6 is 22.9 Å². The van der Waals surface area contributed by atoms with Crippen molar-refractivity contribution in [3.63, 3.8) is 0 Å². The Morgan fingerprint density at radius 3 is 2.81 bits per heavy atom. The summed E-state index contributed by atoms with van der Waals surface area (Å²) in [6, 6.07) is 3.98. The number of hydrogen-bond acceptors (Lipinski definition) is 4. The first kappa shape index (κ1) is 19.5. The van der Waals surface area contributed by atoms with Crippen molar-refractivity contribution in [1.29, 1.82) is 0 Å². The zero-order valence-electron chi connectivity index (χ0n) is 16.0. The van der Waals surface area contributed by atoms with Gasteiger partial charge in [-0.2, -0.15) is 5.10 Å². The summed E-state index contributed by atoms with van der Waals surface area (Å²) in [5, 5.41) is 5.40. The number of aryl methyl sites for hydroxylation is 3. The molecular formula is C19H23ClN6S. The van der Waals surface area contributed by atoms with Crippen LogP contribution in [0.4, 0.5) is 0 Å². The molecule has 0 saturated carbocycles. The maximum absolute atomic E-state index is 6.58. The van der Waals surface area contributed by atoms with Crippen molar-refractivity contribution in [1.82, 2.24) is 14.6 Å². The average molecular weight is 403 g/mol. The molecule has 6 nitrogen and oxygen atoms in total. The lowest BCUT2D eigenvalue weighted by molar-refractivity contribution is 0.733. The van der Waals surface area contributed by atoms with Crippen LogP contribution in [-0.4, -0.2) is 33.8 Å². The minimum Gasteiger partial charge on any atom is -0.390 e. The van der Waals surface area contributed by atoms with Crippen LogP contribution in [0.1, 0.15) is 41.7 Å². The molecule has 0 aliphatic rings. The van der Waals surface area contributed by atoms with E-state index >= 15 is 0 Å². The number of amidine groups is 1. The number of unbranched alkanes of at least 4 members (excludes halogenated alkanes) is 1. The molecule has 3 rings (SSSR count). The Hall–Kier alpha value is -2.25. The molecule has 3 aromatic rings. The molecule has 0 spiro atoms. The molecule has 2 N–H and O–H groups in total. The van der Waals surface area contributed by atoms with E-state index in [4.69, 9.17) is 27.4 Å². The van der Waals surface area contributed by atoms with Crippen molar-refractivity contribution in [3.8, 4) is 10.4 Å². The van der Waals surface area contributed by atoms with E-state index in [0.717, 1.165) is 51.6 Å². The molecule has 3 heterocycles. The Kier molecular flexibility index (Phi) is 5.92. The minimum atomic E-state index is 0.553. The van der Waals surface area contributed by atoms with Gasteiger partial charge in [0, 0.05) is 18.4 Å². The average Bonchev–Trinajstić information content (AvgIpc) is 3.16. The minimum absolute atomic E-state index is 0.553. The van der Waals surface area contributed by atoms with Crippen molar-refractivity contribution >= 4 is 40.8 Å². The van der Waals surface area contributed by atoms with Crippen LogP contribution < -0.4 is 5.73 Å². The molecule has 3 aromatic heterocycles. The van der Waals surface area contributed by atoms with E-state index < -0.39 is 0 Å². The number of hydrogen-bond donors (Lipinski definition) is 1. The van der Waals surface area contributed by atoms with E-state index in [1.165, 1.54) is 23.4 Å². The predicted molar refractivity (Wildman–Crippen MR) is 115 cm³/mol. The Bertz CT molecular complexity index is 1030. The number of halogens is 1. The van der Waals surface area contributed by atoms with E-state index in [-0.39, 0.29) is 0 Å². The van der Waals surface area contributed by atoms with Gasteiger partial charge in [0.05, 0.1) is 32.4 Å². The molecule has 142 valence electrons. The number of nitrogens with zero attached hydrogens (tertiary/aromatic N) is 5. The van der Waals surface area contributed by atoms with Crippen molar-refractivity contribution in [2.75, 3.05) is 7.05 Å². The first-order chi connectivity index (χ1) is 13.0. The molecule has 27 heavy (non-hydrogen) atoms. The molecule has 0 saturated heterocycles. The summed E-state index contributed by atoms with van der Waals surface area (Å²) >= 11 is 8.10. The molecule has 0 radical (unpaired) electrons. The molecule has 0 amide bonds. The first-order valence-electron chi connectivity index (χ1n) is 8.87. The topological polar surface area (TPSA) is 80.9 Å². The number of aliphatic imine (C=N–C) groups is 2. The molecule has 8 heteroatoms. The third kappa shape index (κ3) is 3.75. The summed E-state index contributed by atoms with van der Waals surface area (Å²) < 4.78 is 1.95. The lowest BCUT2D eigenvalue weighted by Crippen LogP contribution is -2.02. The zero-order valence-corrected chi connectivity index (χ0v) is 17.5. The lowest BCUT2D eigenvalue weighted by Gasteiger charge is -2.06. The standard InChI is InChI=1S/C19H23ClN6S/c1-5-6-7-13-8-11(2)24-19-16(12(3)25-26(13)19)17-14(20)9-15(27-17)18(22-4)23-10-21/h8-10H,5-7H2,1-4H3,(H2,21,22,23). The Balaban J connectivity index is 2.19. The van der Waals surface area contributed by atoms with Gasteiger partial charge in [-0.1, -0.05) is 24.9 Å². The molecule has 0 atom stereocenters. The normalized spacial score (nSPS) is 12.6. The van der Waals surface area contributed by atoms with Crippen LogP contribution in [0.2, 0.25) is 5.02 Å². The van der Waals surface area contributed by atoms with E-state index in [0.29, 0.717) is 10.9 Å². The third-order valence-electron chi connectivity index (χ3n) is 4.30. The number of thiophene rings is 1. The van der Waals surface area contributed by atoms with Gasteiger partial charge in [0.2, 0.25) is 0 Å². The maximum Gasteiger partial charge on any atom is 0.166 e. The van der Waals surface area contributed by atoms with Crippen LogP contribution in [0.15, 0.2) is 22.1 Å². The number of fused-ring (bicyclic) bond motifs is 1. The zero-order chi connectivity index (χ0) is 19.6. The molecule has 0 fully saturated rings. The monoisotopic (exact) mass is 402 g/mol. The Morgan fingerprint density at radius 1 is 1.37 bits per heavy atom. The van der Waals surface area contributed by atoms with E-state index in [9.17, 15) is 0 Å². The highest BCUT2D eigenvalue weighted by Crippen LogP contribution is 2.40. The van der Waals surface area contributed by atoms with E-state index in [2.05, 4.69) is 23.0 Å². The summed E-state index contributed by atoms with van der Waals surface area (Å²) in [6.07, 6.45) is 4.46. The highest BCUT2D eigenvalue weighted by Gasteiger charge is 2.21. The molecule has 0 aromatic carbocycles. The summed E-state index contributed by atoms with van der Waals surface area (Å²) in [4.78, 5) is 14.8. The fraction of sp³-hybridized carbons (Fsp3) is 0.368. The summed E-state index contributed by atoms with van der Waals surface area (Å²) in [7, 11) is 1.68. The van der Waals surface area contributed by atoms with Gasteiger partial charge in [-0.3, -0.25) is 4.99 Å². The highest BCUT2D eigenvalue weighted by atomic mass is 35.5. The summed E-state index contributed by atoms with van der Waals surface area (Å²) in [5.41, 5.74) is 10.3. The number of nitrogens with two attached hydrogens (primary N) is 1. The Labute approximate surface area is 167 Å². The highest BCUT2D eigenvalue weighted by molar-refractivity contribution is 7.18.